The van der Waals surface area contributed by atoms with E-state index >= 15 is 0 Å². The number of aromatic nitrogens is 2. The van der Waals surface area contributed by atoms with Crippen LogP contribution in [0.15, 0.2) is 48.5 Å². The summed E-state index contributed by atoms with van der Waals surface area (Å²) >= 11 is 0. The molecule has 1 aliphatic rings. The van der Waals surface area contributed by atoms with Crippen LogP contribution >= 0.6 is 0 Å². The van der Waals surface area contributed by atoms with Gasteiger partial charge in [0.25, 0.3) is 0 Å². The fraction of sp³-hybridized carbons (Fsp3) is 0.263. The smallest absolute Gasteiger partial charge is 0.246 e. The van der Waals surface area contributed by atoms with Crippen LogP contribution < -0.4 is 9.79 Å². The Morgan fingerprint density at radius 2 is 1.87 bits per heavy atom. The van der Waals surface area contributed by atoms with Gasteiger partial charge in [-0.15, -0.1) is 4.68 Å². The Bertz CT molecular complexity index is 847. The molecule has 0 N–H and O–H groups in total. The molecule has 3 aromatic rings. The summed E-state index contributed by atoms with van der Waals surface area (Å²) in [6, 6.07) is 17.5. The highest BCUT2D eigenvalue weighted by atomic mass is 16.4. The molecule has 0 aliphatic carbocycles. The van der Waals surface area contributed by atoms with Gasteiger partial charge in [0.05, 0.1) is 11.9 Å². The number of aryl methyl sites for hydroxylation is 2. The minimum atomic E-state index is -1.08. The van der Waals surface area contributed by atoms with Gasteiger partial charge in [-0.3, -0.25) is 0 Å². The SMILES string of the molecule is CC(=O)[O-].Cc1ccc2c(c1)c(-c1ccccc1)[n+]1n2CCC1. The van der Waals surface area contributed by atoms with Crippen LogP contribution in [0.2, 0.25) is 0 Å². The quantitative estimate of drug-likeness (QED) is 0.646. The summed E-state index contributed by atoms with van der Waals surface area (Å²) in [6.45, 7) is 5.39. The summed E-state index contributed by atoms with van der Waals surface area (Å²) in [6.07, 6.45) is 1.24. The molecule has 23 heavy (non-hydrogen) atoms. The molecule has 2 heterocycles. The Kier molecular flexibility index (Phi) is 4.15. The number of carbonyl (C=O) groups excluding carboxylic acids is 1. The average Bonchev–Trinajstić information content (AvgIpc) is 3.07. The molecule has 0 saturated heterocycles. The molecule has 2 aromatic carbocycles. The van der Waals surface area contributed by atoms with Crippen molar-refractivity contribution in [2.45, 2.75) is 33.4 Å². The lowest BCUT2D eigenvalue weighted by Gasteiger charge is -1.96. The minimum Gasteiger partial charge on any atom is -0.550 e. The summed E-state index contributed by atoms with van der Waals surface area (Å²) in [4.78, 5) is 8.89. The molecule has 0 fully saturated rings. The molecule has 1 aliphatic heterocycles. The van der Waals surface area contributed by atoms with Gasteiger partial charge in [-0.25, -0.2) is 0 Å². The van der Waals surface area contributed by atoms with Crippen LogP contribution in [-0.2, 0) is 17.9 Å². The summed E-state index contributed by atoms with van der Waals surface area (Å²) in [5.41, 5.74) is 5.38. The van der Waals surface area contributed by atoms with E-state index in [1.54, 1.807) is 0 Å². The number of aliphatic carboxylic acids is 1. The summed E-state index contributed by atoms with van der Waals surface area (Å²) in [5, 5.41) is 10.3. The number of rotatable bonds is 1. The van der Waals surface area contributed by atoms with Crippen molar-refractivity contribution in [2.24, 2.45) is 0 Å². The van der Waals surface area contributed by atoms with E-state index < -0.39 is 5.97 Å². The predicted molar refractivity (Wildman–Crippen MR) is 87.6 cm³/mol. The topological polar surface area (TPSA) is 48.9 Å². The third kappa shape index (κ3) is 2.97. The highest BCUT2D eigenvalue weighted by Crippen LogP contribution is 2.29. The number of fused-ring (bicyclic) bond motifs is 3. The number of carboxylic acid groups (broad SMARTS) is 1. The third-order valence-corrected chi connectivity index (χ3v) is 4.02. The van der Waals surface area contributed by atoms with E-state index in [0.717, 1.165) is 20.0 Å². The lowest BCUT2D eigenvalue weighted by Crippen LogP contribution is -2.38. The Balaban J connectivity index is 0.000000354. The second kappa shape index (κ2) is 6.24. The fourth-order valence-electron chi connectivity index (χ4n) is 3.20. The summed E-state index contributed by atoms with van der Waals surface area (Å²) in [5.74, 6) is -1.08. The molecule has 0 amide bonds. The van der Waals surface area contributed by atoms with Gasteiger partial charge >= 0.3 is 0 Å². The Labute approximate surface area is 135 Å². The van der Waals surface area contributed by atoms with Crippen LogP contribution in [0, 0.1) is 6.92 Å². The minimum absolute atomic E-state index is 0.972. The lowest BCUT2D eigenvalue weighted by molar-refractivity contribution is -0.745. The van der Waals surface area contributed by atoms with Gasteiger partial charge < -0.3 is 9.90 Å². The van der Waals surface area contributed by atoms with Crippen LogP contribution in [0.4, 0.5) is 0 Å². The highest BCUT2D eigenvalue weighted by Gasteiger charge is 2.29. The zero-order valence-electron chi connectivity index (χ0n) is 13.5. The fourth-order valence-corrected chi connectivity index (χ4v) is 3.20. The van der Waals surface area contributed by atoms with Crippen molar-refractivity contribution in [1.29, 1.82) is 0 Å². The van der Waals surface area contributed by atoms with Gasteiger partial charge in [-0.2, -0.15) is 4.68 Å². The molecule has 0 radical (unpaired) electrons. The lowest BCUT2D eigenvalue weighted by atomic mass is 10.1. The van der Waals surface area contributed by atoms with E-state index in [2.05, 4.69) is 64.8 Å². The molecule has 0 bridgehead atoms. The molecule has 0 unspecified atom stereocenters. The molecule has 4 heteroatoms. The van der Waals surface area contributed by atoms with Crippen molar-refractivity contribution in [3.05, 3.63) is 54.1 Å². The van der Waals surface area contributed by atoms with Crippen molar-refractivity contribution < 1.29 is 14.6 Å². The predicted octanol–water partition coefficient (Wildman–Crippen LogP) is 2.06. The van der Waals surface area contributed by atoms with E-state index in [9.17, 15) is 0 Å². The molecule has 0 spiro atoms. The first-order valence-corrected chi connectivity index (χ1v) is 7.84. The van der Waals surface area contributed by atoms with E-state index in [1.165, 1.54) is 34.1 Å². The van der Waals surface area contributed by atoms with E-state index in [4.69, 9.17) is 9.90 Å². The Morgan fingerprint density at radius 3 is 2.57 bits per heavy atom. The molecule has 4 nitrogen and oxygen atoms in total. The van der Waals surface area contributed by atoms with E-state index in [-0.39, 0.29) is 0 Å². The van der Waals surface area contributed by atoms with Crippen LogP contribution in [0.3, 0.4) is 0 Å². The first-order valence-electron chi connectivity index (χ1n) is 7.84. The zero-order chi connectivity index (χ0) is 16.4. The van der Waals surface area contributed by atoms with Crippen LogP contribution in [-0.4, -0.2) is 10.7 Å². The Hall–Kier alpha value is -2.62. The van der Waals surface area contributed by atoms with Crippen LogP contribution in [0.25, 0.3) is 22.2 Å². The maximum Gasteiger partial charge on any atom is 0.246 e. The first-order chi connectivity index (χ1) is 11.1. The van der Waals surface area contributed by atoms with Crippen molar-refractivity contribution in [3.8, 4) is 11.3 Å². The van der Waals surface area contributed by atoms with E-state index in [0.29, 0.717) is 0 Å². The van der Waals surface area contributed by atoms with Gasteiger partial charge in [-0.1, -0.05) is 29.8 Å². The zero-order valence-corrected chi connectivity index (χ0v) is 13.5. The number of hydrogen-bond acceptors (Lipinski definition) is 2. The van der Waals surface area contributed by atoms with Gasteiger partial charge in [-0.05, 0) is 38.1 Å². The first kappa shape index (κ1) is 15.3. The standard InChI is InChI=1S/C17H17N2.C2H4O2/c1-13-8-9-16-15(12-13)17(14-6-3-2-4-7-14)19-11-5-10-18(16)19;1-2(3)4/h2-4,6-9,12H,5,10-11H2,1H3;1H3,(H,3,4)/q+1;/p-1. The monoisotopic (exact) mass is 308 g/mol. The average molecular weight is 308 g/mol. The maximum absolute atomic E-state index is 8.89. The number of nitrogens with zero attached hydrogens (tertiary/aromatic N) is 2. The highest BCUT2D eigenvalue weighted by molar-refractivity contribution is 5.91. The maximum atomic E-state index is 8.89. The van der Waals surface area contributed by atoms with Gasteiger partial charge in [0.1, 0.15) is 5.52 Å². The second-order valence-corrected chi connectivity index (χ2v) is 5.83. The van der Waals surface area contributed by atoms with Crippen molar-refractivity contribution in [3.63, 3.8) is 0 Å². The number of benzene rings is 2. The van der Waals surface area contributed by atoms with Crippen LogP contribution in [0.1, 0.15) is 18.9 Å². The van der Waals surface area contributed by atoms with Gasteiger partial charge in [0, 0.05) is 18.0 Å². The number of carbonyl (C=O) groups is 1. The molecular weight excluding hydrogens is 288 g/mol. The largest absolute Gasteiger partial charge is 0.550 e. The Morgan fingerprint density at radius 1 is 1.17 bits per heavy atom. The molecule has 0 saturated carbocycles. The van der Waals surface area contributed by atoms with Crippen molar-refractivity contribution in [1.82, 2.24) is 4.68 Å². The van der Waals surface area contributed by atoms with Crippen molar-refractivity contribution >= 4 is 16.9 Å². The second-order valence-electron chi connectivity index (χ2n) is 5.83. The number of carboxylic acids is 1. The molecule has 1 aromatic heterocycles. The number of hydrogen-bond donors (Lipinski definition) is 0. The molecular formula is C19H20N2O2. The van der Waals surface area contributed by atoms with E-state index in [1.807, 2.05) is 0 Å². The van der Waals surface area contributed by atoms with Crippen LogP contribution in [0.5, 0.6) is 0 Å². The third-order valence-electron chi connectivity index (χ3n) is 4.02. The molecule has 0 atom stereocenters. The van der Waals surface area contributed by atoms with Gasteiger partial charge in [0.2, 0.25) is 5.69 Å². The van der Waals surface area contributed by atoms with Crippen molar-refractivity contribution in [2.75, 3.05) is 0 Å². The molecule has 4 rings (SSSR count). The molecule has 118 valence electrons. The normalized spacial score (nSPS) is 12.6. The van der Waals surface area contributed by atoms with Gasteiger partial charge in [0.15, 0.2) is 6.54 Å². The summed E-state index contributed by atoms with van der Waals surface area (Å²) in [7, 11) is 0. The summed E-state index contributed by atoms with van der Waals surface area (Å²) < 4.78 is 4.87.